The number of ether oxygens (including phenoxy) is 5. The van der Waals surface area contributed by atoms with Gasteiger partial charge < -0.3 is 91.0 Å². The monoisotopic (exact) mass is 1280 g/mol. The minimum Gasteiger partial charge on any atom is -0.486 e. The van der Waals surface area contributed by atoms with Crippen molar-refractivity contribution in [3.05, 3.63) is 145 Å². The van der Waals surface area contributed by atoms with E-state index in [1.165, 1.54) is 12.1 Å². The van der Waals surface area contributed by atoms with E-state index >= 15 is 9.59 Å². The first-order valence-corrected chi connectivity index (χ1v) is 32.5. The average molecular weight is 1280 g/mol. The number of nitrogens with two attached hydrogens (primary N) is 2. The maximum Gasteiger partial charge on any atom is 0.242 e. The number of benzene rings is 4. The zero-order valence-electron chi connectivity index (χ0n) is 51.9. The van der Waals surface area contributed by atoms with Crippen molar-refractivity contribution in [3.63, 3.8) is 0 Å². The highest BCUT2D eigenvalue weighted by Crippen LogP contribution is 2.53. The summed E-state index contributed by atoms with van der Waals surface area (Å²) in [5.41, 5.74) is 16.0. The summed E-state index contributed by atoms with van der Waals surface area (Å²) >= 11 is 0. The van der Waals surface area contributed by atoms with Crippen LogP contribution in [0.15, 0.2) is 89.8 Å². The van der Waals surface area contributed by atoms with Crippen LogP contribution in [0.3, 0.4) is 0 Å². The molecule has 0 radical (unpaired) electrons. The number of nitrogens with zero attached hydrogens (tertiary/aromatic N) is 1. The van der Waals surface area contributed by atoms with E-state index in [4.69, 9.17) is 35.2 Å². The summed E-state index contributed by atoms with van der Waals surface area (Å²) in [6.07, 6.45) is -5.77. The molecule has 0 aromatic heterocycles. The molecular formula is C69H83N9O15. The lowest BCUT2D eigenvalue weighted by molar-refractivity contribution is -0.310. The van der Waals surface area contributed by atoms with E-state index in [0.29, 0.717) is 54.1 Å². The van der Waals surface area contributed by atoms with Crippen molar-refractivity contribution in [3.8, 4) is 23.3 Å². The van der Waals surface area contributed by atoms with E-state index in [1.54, 1.807) is 12.1 Å². The number of carbonyl (C=O) groups is 4. The first kappa shape index (κ1) is 64.5. The number of carbonyl (C=O) groups excluding carboxylic acids is 4. The number of ketones is 2. The third-order valence-electron chi connectivity index (χ3n) is 20.1. The van der Waals surface area contributed by atoms with Gasteiger partial charge in [-0.2, -0.15) is 0 Å². The van der Waals surface area contributed by atoms with Crippen molar-refractivity contribution in [1.82, 2.24) is 31.9 Å². The van der Waals surface area contributed by atoms with Crippen LogP contribution in [0.4, 0.5) is 5.69 Å². The van der Waals surface area contributed by atoms with Crippen molar-refractivity contribution in [2.75, 3.05) is 58.1 Å². The molecule has 15 atom stereocenters. The molecule has 1 saturated carbocycles. The summed E-state index contributed by atoms with van der Waals surface area (Å²) in [4.78, 5) is 58.7. The number of nitrogens with one attached hydrogen (secondary N) is 6. The van der Waals surface area contributed by atoms with Gasteiger partial charge in [0.25, 0.3) is 0 Å². The molecule has 494 valence electrons. The molecule has 3 saturated heterocycles. The van der Waals surface area contributed by atoms with E-state index in [-0.39, 0.29) is 103 Å². The fraction of sp³-hybridized carbons (Fsp3) is 0.507. The second kappa shape index (κ2) is 27.3. The summed E-state index contributed by atoms with van der Waals surface area (Å²) in [6, 6.07) is 19.0. The van der Waals surface area contributed by atoms with Gasteiger partial charge in [-0.1, -0.05) is 73.2 Å². The summed E-state index contributed by atoms with van der Waals surface area (Å²) < 4.78 is 35.0. The summed E-state index contributed by atoms with van der Waals surface area (Å²) in [6.45, 7) is -0.637. The standard InChI is InChI=1S/C69H83N9O15/c1-72-27-38-21-36-20-37(22-38)25-53(83)50(43-15-18-73-64(70)49(43)28-74-41-6-2-3-7-41)32-91-62-63(86)69(88)17-14-39(23-36)52(82)13-11-40-30-89-33-54(69)92-67(62)93-60-48(55(40)45-8-4-5-9-51(45)78-34-75-57-65(78)76-68(71)77-66(57)87)26-47-56(61(60)90-31-42(81)16-19-79)59(85)46-24-35(29-80)10-12-44(46)58(47)84/h4-5,8-10,12,15,19-22,24,26,39-42,50,52-55,57,62-63,65,67-68,72-76,80-83,86,88H,2-3,6-7,11,13,16,18,23,25,27-34,70-71H2,1H3,(H,77,87)/t39-,40-,42+,50+,52-,53-,54-,55+,57-,62-,63-,65+,67+,68+,69-/m0/s1. The van der Waals surface area contributed by atoms with Gasteiger partial charge in [0.15, 0.2) is 28.7 Å². The van der Waals surface area contributed by atoms with Crippen LogP contribution in [-0.2, 0) is 49.8 Å². The maximum atomic E-state index is 15.6. The number of anilines is 1. The highest BCUT2D eigenvalue weighted by molar-refractivity contribution is 6.29. The molecule has 4 aromatic carbocycles. The zero-order valence-corrected chi connectivity index (χ0v) is 51.9. The fourth-order valence-electron chi connectivity index (χ4n) is 15.3. The molecule has 0 spiro atoms. The van der Waals surface area contributed by atoms with Crippen LogP contribution in [0, 0.1) is 29.6 Å². The Labute approximate surface area is 538 Å². The number of para-hydroxylation sites is 1. The third kappa shape index (κ3) is 12.6. The molecule has 93 heavy (non-hydrogen) atoms. The topological polar surface area (TPSA) is 363 Å². The molecule has 9 aliphatic rings. The van der Waals surface area contributed by atoms with Crippen LogP contribution in [0.5, 0.6) is 11.5 Å². The van der Waals surface area contributed by atoms with E-state index in [1.807, 2.05) is 60.5 Å². The Morgan fingerprint density at radius 3 is 2.51 bits per heavy atom. The molecule has 24 nitrogen and oxygen atoms in total. The van der Waals surface area contributed by atoms with Crippen molar-refractivity contribution >= 4 is 29.4 Å². The Kier molecular flexibility index (Phi) is 18.9. The Bertz CT molecular complexity index is 3660. The maximum absolute atomic E-state index is 15.6. The summed E-state index contributed by atoms with van der Waals surface area (Å²) in [5, 5.41) is 94.3. The third-order valence-corrected chi connectivity index (χ3v) is 20.1. The van der Waals surface area contributed by atoms with E-state index in [9.17, 15) is 40.2 Å². The summed E-state index contributed by atoms with van der Waals surface area (Å²) in [7, 11) is 1.85. The summed E-state index contributed by atoms with van der Waals surface area (Å²) in [5.74, 6) is 0.984. The van der Waals surface area contributed by atoms with Crippen molar-refractivity contribution in [2.24, 2.45) is 29.2 Å². The number of hydrogen-bond donors (Lipinski definition) is 14. The number of amides is 1. The molecular weight excluding hydrogens is 1190 g/mol. The Balaban J connectivity index is 1.05. The molecule has 24 heteroatoms. The van der Waals surface area contributed by atoms with Crippen LogP contribution in [-0.4, -0.2) is 181 Å². The van der Waals surface area contributed by atoms with Crippen LogP contribution in [0.2, 0.25) is 0 Å². The minimum absolute atomic E-state index is 0.0338. The Hall–Kier alpha value is -7.16. The number of hydrogen-bond acceptors (Lipinski definition) is 23. The van der Waals surface area contributed by atoms with E-state index in [0.717, 1.165) is 47.9 Å². The number of fused-ring (bicyclic) bond motifs is 13. The molecule has 7 aliphatic heterocycles. The second-order valence-corrected chi connectivity index (χ2v) is 26.1. The average Bonchev–Trinajstić information content (AvgIpc) is 1.70. The predicted octanol–water partition coefficient (Wildman–Crippen LogP) is 0.167. The van der Waals surface area contributed by atoms with Crippen molar-refractivity contribution < 1.29 is 73.5 Å². The lowest BCUT2D eigenvalue weighted by Crippen LogP contribution is -2.70. The smallest absolute Gasteiger partial charge is 0.242 e. The molecule has 1 amide bonds. The second-order valence-electron chi connectivity index (χ2n) is 26.1. The predicted molar refractivity (Wildman–Crippen MR) is 338 cm³/mol. The SMILES string of the molecule is CNCc1cc2cc(c1)C[C@@H]1C#C[C@]3(O)[C@@H]4COC[C@H](CC[C@@H]1O)[C@H](c1ccccc1N1CN[C@@H]5C(=O)N[C@H](N)N[C@@H]51)c1cc5c(c(OC[C@H](O)CC=O)c1O[C@@H](O4)[C@@H](OC[C@H](C1=CCNC(N)=C1CNC1CCCC1)[C@@H](O)C2)[C@@H]3O)C(=O)c1cc(CO)ccc1C5=O. The normalized spacial score (nSPS) is 31.4. The first-order valence-electron chi connectivity index (χ1n) is 32.5. The lowest BCUT2D eigenvalue weighted by atomic mass is 9.74. The van der Waals surface area contributed by atoms with Crippen molar-refractivity contribution in [1.29, 1.82) is 0 Å². The Morgan fingerprint density at radius 2 is 1.71 bits per heavy atom. The minimum atomic E-state index is -2.54. The highest BCUT2D eigenvalue weighted by Gasteiger charge is 2.58. The number of aliphatic hydroxyl groups excluding tert-OH is 5. The number of aliphatic hydroxyl groups is 6. The van der Waals surface area contributed by atoms with Gasteiger partial charge in [0, 0.05) is 77.4 Å². The molecule has 0 unspecified atom stereocenters. The largest absolute Gasteiger partial charge is 0.486 e. The van der Waals surface area contributed by atoms with E-state index in [2.05, 4.69) is 43.7 Å². The lowest BCUT2D eigenvalue weighted by Gasteiger charge is -2.47. The van der Waals surface area contributed by atoms with E-state index < -0.39 is 122 Å². The van der Waals surface area contributed by atoms with Crippen LogP contribution in [0.1, 0.15) is 116 Å². The molecule has 7 heterocycles. The molecule has 4 aromatic rings. The first-order chi connectivity index (χ1) is 45.0. The molecule has 16 N–H and O–H groups in total. The van der Waals surface area contributed by atoms with Crippen LogP contribution < -0.4 is 57.7 Å². The van der Waals surface area contributed by atoms with Gasteiger partial charge in [-0.15, -0.1) is 0 Å². The molecule has 4 fully saturated rings. The molecule has 13 rings (SSSR count). The van der Waals surface area contributed by atoms with Gasteiger partial charge in [0.2, 0.25) is 12.2 Å². The molecule has 2 aliphatic carbocycles. The zero-order chi connectivity index (χ0) is 64.8. The van der Waals surface area contributed by atoms with Gasteiger partial charge >= 0.3 is 0 Å². The van der Waals surface area contributed by atoms with Gasteiger partial charge in [-0.25, -0.2) is 0 Å². The number of dihydropyridines is 1. The molecule has 8 bridgehead atoms. The van der Waals surface area contributed by atoms with Crippen molar-refractivity contribution in [2.45, 2.75) is 150 Å². The van der Waals surface area contributed by atoms with Crippen LogP contribution >= 0.6 is 0 Å². The Morgan fingerprint density at radius 1 is 0.903 bits per heavy atom. The number of aldehydes is 1. The quantitative estimate of drug-likeness (QED) is 0.0520. The fourth-order valence-corrected chi connectivity index (χ4v) is 15.3. The van der Waals surface area contributed by atoms with Gasteiger partial charge in [0.05, 0.1) is 62.9 Å². The van der Waals surface area contributed by atoms with Crippen LogP contribution in [0.25, 0.3) is 0 Å². The highest BCUT2D eigenvalue weighted by atomic mass is 16.7. The number of rotatable bonds is 14. The van der Waals surface area contributed by atoms with Gasteiger partial charge in [-0.3, -0.25) is 30.8 Å². The van der Waals surface area contributed by atoms with Gasteiger partial charge in [0.1, 0.15) is 55.5 Å². The van der Waals surface area contributed by atoms with Gasteiger partial charge in [-0.05, 0) is 109 Å².